The van der Waals surface area contributed by atoms with Crippen molar-refractivity contribution in [3.05, 3.63) is 41.8 Å². The molecule has 0 amide bonds. The van der Waals surface area contributed by atoms with Crippen LogP contribution >= 0.6 is 0 Å². The lowest BCUT2D eigenvalue weighted by Gasteiger charge is -2.04. The van der Waals surface area contributed by atoms with Crippen LogP contribution in [0.1, 0.15) is 17.4 Å². The number of rotatable bonds is 3. The number of aromatic nitrogens is 2. The maximum Gasteiger partial charge on any atom is 0.170 e. The fraction of sp³-hybridized carbons (Fsp3) is 0.167. The first-order chi connectivity index (χ1) is 7.76. The Morgan fingerprint density at radius 3 is 2.81 bits per heavy atom. The van der Waals surface area contributed by atoms with E-state index < -0.39 is 0 Å². The summed E-state index contributed by atoms with van der Waals surface area (Å²) in [5, 5.41) is 4.05. The molecule has 0 radical (unpaired) electrons. The third-order valence-electron chi connectivity index (χ3n) is 2.37. The van der Waals surface area contributed by atoms with E-state index in [1.54, 1.807) is 28.9 Å². The Morgan fingerprint density at radius 1 is 1.44 bits per heavy atom. The van der Waals surface area contributed by atoms with E-state index in [9.17, 15) is 9.18 Å². The Kier molecular flexibility index (Phi) is 2.81. The molecule has 0 unspecified atom stereocenters. The lowest BCUT2D eigenvalue weighted by atomic mass is 10.1. The molecule has 1 aromatic heterocycles. The minimum Gasteiger partial charge on any atom is -0.296 e. The number of benzene rings is 1. The van der Waals surface area contributed by atoms with Gasteiger partial charge in [-0.1, -0.05) is 12.1 Å². The van der Waals surface area contributed by atoms with Crippen LogP contribution in [-0.4, -0.2) is 16.1 Å². The van der Waals surface area contributed by atoms with E-state index >= 15 is 0 Å². The highest BCUT2D eigenvalue weighted by Crippen LogP contribution is 2.23. The van der Waals surface area contributed by atoms with Gasteiger partial charge in [-0.2, -0.15) is 5.10 Å². The SMILES string of the molecule is CCn1nc(C=O)cc1-c1ccccc1F. The molecule has 0 aliphatic carbocycles. The van der Waals surface area contributed by atoms with E-state index in [2.05, 4.69) is 5.10 Å². The highest BCUT2D eigenvalue weighted by Gasteiger charge is 2.11. The maximum atomic E-state index is 13.6. The minimum absolute atomic E-state index is 0.311. The summed E-state index contributed by atoms with van der Waals surface area (Å²) in [6, 6.07) is 8.04. The number of hydrogen-bond donors (Lipinski definition) is 0. The second-order valence-corrected chi connectivity index (χ2v) is 3.37. The Labute approximate surface area is 92.5 Å². The summed E-state index contributed by atoms with van der Waals surface area (Å²) in [6.07, 6.45) is 0.663. The van der Waals surface area contributed by atoms with Crippen LogP contribution in [0.15, 0.2) is 30.3 Å². The van der Waals surface area contributed by atoms with Crippen molar-refractivity contribution in [3.63, 3.8) is 0 Å². The first kappa shape index (κ1) is 10.5. The first-order valence-electron chi connectivity index (χ1n) is 5.04. The van der Waals surface area contributed by atoms with Crippen molar-refractivity contribution in [3.8, 4) is 11.3 Å². The van der Waals surface area contributed by atoms with Crippen LogP contribution in [0.25, 0.3) is 11.3 Å². The monoisotopic (exact) mass is 218 g/mol. The van der Waals surface area contributed by atoms with E-state index in [-0.39, 0.29) is 5.82 Å². The highest BCUT2D eigenvalue weighted by molar-refractivity contribution is 5.75. The summed E-state index contributed by atoms with van der Waals surface area (Å²) in [5.74, 6) is -0.311. The summed E-state index contributed by atoms with van der Waals surface area (Å²) >= 11 is 0. The van der Waals surface area contributed by atoms with E-state index in [1.807, 2.05) is 6.92 Å². The molecule has 0 fully saturated rings. The number of aldehydes is 1. The molecule has 4 heteroatoms. The van der Waals surface area contributed by atoms with Crippen molar-refractivity contribution >= 4 is 6.29 Å². The molecule has 2 rings (SSSR count). The number of carbonyl (C=O) groups is 1. The molecular formula is C12H11FN2O. The second-order valence-electron chi connectivity index (χ2n) is 3.37. The number of nitrogens with zero attached hydrogens (tertiary/aromatic N) is 2. The molecule has 82 valence electrons. The van der Waals surface area contributed by atoms with Crippen LogP contribution in [0.5, 0.6) is 0 Å². The minimum atomic E-state index is -0.311. The molecule has 0 aliphatic rings. The van der Waals surface area contributed by atoms with Gasteiger partial charge in [0.05, 0.1) is 5.69 Å². The summed E-state index contributed by atoms with van der Waals surface area (Å²) in [5.41, 5.74) is 1.41. The Morgan fingerprint density at radius 2 is 2.19 bits per heavy atom. The standard InChI is InChI=1S/C12H11FN2O/c1-2-15-12(7-9(8-16)14-15)10-5-3-4-6-11(10)13/h3-8H,2H2,1H3. The molecule has 2 aromatic rings. The molecule has 0 bridgehead atoms. The van der Waals surface area contributed by atoms with Gasteiger partial charge in [-0.25, -0.2) is 4.39 Å². The second kappa shape index (κ2) is 4.26. The average Bonchev–Trinajstić information content (AvgIpc) is 2.72. The third-order valence-corrected chi connectivity index (χ3v) is 2.37. The van der Waals surface area contributed by atoms with Crippen LogP contribution in [0, 0.1) is 5.82 Å². The molecule has 1 heterocycles. The normalized spacial score (nSPS) is 10.4. The van der Waals surface area contributed by atoms with Crippen LogP contribution in [0.3, 0.4) is 0 Å². The van der Waals surface area contributed by atoms with Crippen molar-refractivity contribution in [1.82, 2.24) is 9.78 Å². The number of hydrogen-bond acceptors (Lipinski definition) is 2. The summed E-state index contributed by atoms with van der Waals surface area (Å²) in [4.78, 5) is 10.6. The van der Waals surface area contributed by atoms with E-state index in [4.69, 9.17) is 0 Å². The quantitative estimate of drug-likeness (QED) is 0.742. The number of halogens is 1. The van der Waals surface area contributed by atoms with Gasteiger partial charge in [-0.15, -0.1) is 0 Å². The van der Waals surface area contributed by atoms with Gasteiger partial charge in [0.1, 0.15) is 11.5 Å². The van der Waals surface area contributed by atoms with Gasteiger partial charge in [0.25, 0.3) is 0 Å². The molecule has 0 aliphatic heterocycles. The van der Waals surface area contributed by atoms with E-state index in [1.165, 1.54) is 6.07 Å². The number of aryl methyl sites for hydroxylation is 1. The predicted octanol–water partition coefficient (Wildman–Crippen LogP) is 2.52. The van der Waals surface area contributed by atoms with Crippen LogP contribution in [-0.2, 0) is 6.54 Å². The van der Waals surface area contributed by atoms with Gasteiger partial charge in [0.2, 0.25) is 0 Å². The van der Waals surface area contributed by atoms with Crippen LogP contribution in [0.4, 0.5) is 4.39 Å². The first-order valence-corrected chi connectivity index (χ1v) is 5.04. The third kappa shape index (κ3) is 1.74. The summed E-state index contributed by atoms with van der Waals surface area (Å²) in [7, 11) is 0. The molecular weight excluding hydrogens is 207 g/mol. The van der Waals surface area contributed by atoms with Gasteiger partial charge in [-0.05, 0) is 25.1 Å². The summed E-state index contributed by atoms with van der Waals surface area (Å²) in [6.45, 7) is 2.49. The Hall–Kier alpha value is -1.97. The molecule has 1 aromatic carbocycles. The zero-order chi connectivity index (χ0) is 11.5. The van der Waals surface area contributed by atoms with E-state index in [0.29, 0.717) is 29.8 Å². The van der Waals surface area contributed by atoms with E-state index in [0.717, 1.165) is 0 Å². The molecule has 16 heavy (non-hydrogen) atoms. The van der Waals surface area contributed by atoms with Crippen LogP contribution < -0.4 is 0 Å². The average molecular weight is 218 g/mol. The Balaban J connectivity index is 2.59. The van der Waals surface area contributed by atoms with Crippen molar-refractivity contribution in [2.45, 2.75) is 13.5 Å². The van der Waals surface area contributed by atoms with Crippen LogP contribution in [0.2, 0.25) is 0 Å². The van der Waals surface area contributed by atoms with Crippen molar-refractivity contribution in [2.24, 2.45) is 0 Å². The smallest absolute Gasteiger partial charge is 0.170 e. The number of carbonyl (C=O) groups excluding carboxylic acids is 1. The van der Waals surface area contributed by atoms with Gasteiger partial charge >= 0.3 is 0 Å². The molecule has 3 nitrogen and oxygen atoms in total. The molecule has 0 saturated carbocycles. The fourth-order valence-corrected chi connectivity index (χ4v) is 1.62. The lowest BCUT2D eigenvalue weighted by Crippen LogP contribution is -2.00. The zero-order valence-corrected chi connectivity index (χ0v) is 8.85. The molecule has 0 saturated heterocycles. The van der Waals surface area contributed by atoms with Gasteiger partial charge in [-0.3, -0.25) is 9.48 Å². The van der Waals surface area contributed by atoms with Gasteiger partial charge < -0.3 is 0 Å². The maximum absolute atomic E-state index is 13.6. The summed E-state index contributed by atoms with van der Waals surface area (Å²) < 4.78 is 15.2. The lowest BCUT2D eigenvalue weighted by molar-refractivity contribution is 0.111. The largest absolute Gasteiger partial charge is 0.296 e. The zero-order valence-electron chi connectivity index (χ0n) is 8.85. The van der Waals surface area contributed by atoms with Crippen molar-refractivity contribution in [1.29, 1.82) is 0 Å². The fourth-order valence-electron chi connectivity index (χ4n) is 1.62. The molecule has 0 atom stereocenters. The Bertz CT molecular complexity index is 519. The topological polar surface area (TPSA) is 34.9 Å². The predicted molar refractivity (Wildman–Crippen MR) is 58.7 cm³/mol. The highest BCUT2D eigenvalue weighted by atomic mass is 19.1. The van der Waals surface area contributed by atoms with Crippen molar-refractivity contribution < 1.29 is 9.18 Å². The molecule has 0 spiro atoms. The van der Waals surface area contributed by atoms with Crippen molar-refractivity contribution in [2.75, 3.05) is 0 Å². The van der Waals surface area contributed by atoms with Gasteiger partial charge in [0, 0.05) is 12.1 Å². The van der Waals surface area contributed by atoms with Gasteiger partial charge in [0.15, 0.2) is 6.29 Å². The molecule has 0 N–H and O–H groups in total.